The number of hydrogen-bond donors (Lipinski definition) is 2. The van der Waals surface area contributed by atoms with Gasteiger partial charge >= 0.3 is 26.2 Å². The van der Waals surface area contributed by atoms with Crippen LogP contribution in [0, 0.1) is 35.4 Å². The van der Waals surface area contributed by atoms with Crippen molar-refractivity contribution in [1.29, 1.82) is 0 Å². The summed E-state index contributed by atoms with van der Waals surface area (Å²) in [6.45, 7) is 14.1. The standard InChI is InChI=1S/2C8H13Si.2C6H4F2O.Zr/c2*1-9(2,3)8-6-4-5-7-8;2*7-4-1-2-6(9)5(8)3-4;/h2*4,6H,5H2,1-3H3;2*1-3,9H;/q2*-1;;;+2. The van der Waals surface area contributed by atoms with E-state index in [2.05, 4.69) is 75.7 Å². The van der Waals surface area contributed by atoms with Crippen molar-refractivity contribution in [3.8, 4) is 11.5 Å². The molecule has 2 aliphatic carbocycles. The van der Waals surface area contributed by atoms with Crippen LogP contribution in [0.1, 0.15) is 12.8 Å². The van der Waals surface area contributed by atoms with Crippen LogP contribution < -0.4 is 0 Å². The Kier molecular flexibility index (Phi) is 15.2. The first-order valence-electron chi connectivity index (χ1n) is 11.4. The van der Waals surface area contributed by atoms with Gasteiger partial charge in [-0.1, -0.05) is 39.3 Å². The van der Waals surface area contributed by atoms with Gasteiger partial charge in [0.15, 0.2) is 23.1 Å². The van der Waals surface area contributed by atoms with Gasteiger partial charge in [-0.25, -0.2) is 40.1 Å². The second-order valence-corrected chi connectivity index (χ2v) is 20.2. The van der Waals surface area contributed by atoms with Gasteiger partial charge in [0, 0.05) is 28.3 Å². The van der Waals surface area contributed by atoms with Crippen molar-refractivity contribution in [2.75, 3.05) is 0 Å². The Morgan fingerprint density at radius 3 is 1.11 bits per heavy atom. The zero-order valence-electron chi connectivity index (χ0n) is 22.1. The maximum atomic E-state index is 12.1. The largest absolute Gasteiger partial charge is 2.00 e. The van der Waals surface area contributed by atoms with Gasteiger partial charge in [0.2, 0.25) is 0 Å². The van der Waals surface area contributed by atoms with E-state index in [1.807, 2.05) is 0 Å². The van der Waals surface area contributed by atoms with Gasteiger partial charge in [-0.15, -0.1) is 12.8 Å². The van der Waals surface area contributed by atoms with Crippen LogP contribution in [-0.2, 0) is 26.2 Å². The minimum atomic E-state index is -1.01. The fraction of sp³-hybridized carbons (Fsp3) is 0.286. The quantitative estimate of drug-likeness (QED) is 0.200. The molecule has 37 heavy (non-hydrogen) atoms. The summed E-state index contributed by atoms with van der Waals surface area (Å²) in [4.78, 5) is 0. The molecule has 0 radical (unpaired) electrons. The first-order chi connectivity index (χ1) is 16.6. The zero-order chi connectivity index (χ0) is 27.5. The number of allylic oxidation sites excluding steroid dienone is 8. The van der Waals surface area contributed by atoms with Crippen LogP contribution in [0.25, 0.3) is 0 Å². The molecule has 2 N–H and O–H groups in total. The number of benzene rings is 2. The van der Waals surface area contributed by atoms with E-state index in [0.29, 0.717) is 12.1 Å². The van der Waals surface area contributed by atoms with Gasteiger partial charge in [0.1, 0.15) is 11.6 Å². The summed E-state index contributed by atoms with van der Waals surface area (Å²) in [5, 5.41) is 20.0. The van der Waals surface area contributed by atoms with Gasteiger partial charge in [0.05, 0.1) is 0 Å². The van der Waals surface area contributed by atoms with E-state index in [1.54, 1.807) is 0 Å². The number of phenols is 2. The number of hydrogen-bond acceptors (Lipinski definition) is 2. The number of halogens is 4. The Morgan fingerprint density at radius 1 is 0.622 bits per heavy atom. The van der Waals surface area contributed by atoms with E-state index in [9.17, 15) is 17.6 Å². The monoisotopic (exact) mass is 624 g/mol. The Morgan fingerprint density at radius 2 is 0.946 bits per heavy atom. The van der Waals surface area contributed by atoms with Gasteiger partial charge in [-0.3, -0.25) is 12.2 Å². The molecule has 0 atom stereocenters. The van der Waals surface area contributed by atoms with Crippen molar-refractivity contribution < 1.29 is 54.0 Å². The van der Waals surface area contributed by atoms with Gasteiger partial charge in [-0.05, 0) is 24.3 Å². The summed E-state index contributed by atoms with van der Waals surface area (Å²) in [5.41, 5.74) is 0. The molecule has 0 saturated heterocycles. The Hall–Kier alpha value is -1.96. The van der Waals surface area contributed by atoms with Crippen molar-refractivity contribution in [3.63, 3.8) is 0 Å². The minimum Gasteiger partial charge on any atom is -0.505 e. The van der Waals surface area contributed by atoms with Crippen LogP contribution in [-0.4, -0.2) is 26.4 Å². The molecule has 2 nitrogen and oxygen atoms in total. The Labute approximate surface area is 239 Å². The van der Waals surface area contributed by atoms with Crippen LogP contribution in [0.4, 0.5) is 17.6 Å². The molecular weight excluding hydrogens is 592 g/mol. The van der Waals surface area contributed by atoms with Crippen molar-refractivity contribution in [2.45, 2.75) is 52.1 Å². The number of aromatic hydroxyl groups is 2. The Balaban J connectivity index is 0.000000463. The smallest absolute Gasteiger partial charge is 0.505 e. The third-order valence-electron chi connectivity index (χ3n) is 4.83. The maximum absolute atomic E-state index is 12.1. The molecule has 2 aromatic rings. The van der Waals surface area contributed by atoms with Crippen LogP contribution >= 0.6 is 0 Å². The molecule has 0 saturated carbocycles. The second-order valence-electron chi connectivity index (χ2n) is 10.1. The predicted molar refractivity (Wildman–Crippen MR) is 144 cm³/mol. The summed E-state index contributed by atoms with van der Waals surface area (Å²) in [7, 11) is -2.01. The first-order valence-corrected chi connectivity index (χ1v) is 18.4. The molecular formula is C28H34F4O2Si2Zr. The summed E-state index contributed by atoms with van der Waals surface area (Å²) in [6.07, 6.45) is 17.6. The van der Waals surface area contributed by atoms with Crippen molar-refractivity contribution in [3.05, 3.63) is 107 Å². The SMILES string of the molecule is C[Si](C)(C)C1=[C-]CC=C1.C[Si](C)(C)C1=[C-]CC=C1.Oc1ccc(F)cc1F.Oc1ccc(F)cc1F.[Zr+2]. The van der Waals surface area contributed by atoms with Crippen LogP contribution in [0.15, 0.2) is 71.1 Å². The molecule has 0 amide bonds. The second kappa shape index (κ2) is 16.1. The summed E-state index contributed by atoms with van der Waals surface area (Å²) in [5.74, 6) is -4.31. The fourth-order valence-corrected chi connectivity index (χ4v) is 5.30. The molecule has 9 heteroatoms. The van der Waals surface area contributed by atoms with Crippen molar-refractivity contribution >= 4 is 16.1 Å². The molecule has 0 aromatic heterocycles. The van der Waals surface area contributed by atoms with E-state index >= 15 is 0 Å². The van der Waals surface area contributed by atoms with Crippen LogP contribution in [0.2, 0.25) is 39.3 Å². The molecule has 0 fully saturated rings. The van der Waals surface area contributed by atoms with Crippen molar-refractivity contribution in [1.82, 2.24) is 0 Å². The molecule has 2 aliphatic rings. The zero-order valence-corrected chi connectivity index (χ0v) is 26.6. The van der Waals surface area contributed by atoms with E-state index in [-0.39, 0.29) is 26.2 Å². The van der Waals surface area contributed by atoms with Gasteiger partial charge in [-0.2, -0.15) is 12.2 Å². The van der Waals surface area contributed by atoms with E-state index in [0.717, 1.165) is 37.1 Å². The van der Waals surface area contributed by atoms with Gasteiger partial charge < -0.3 is 10.2 Å². The molecule has 0 heterocycles. The van der Waals surface area contributed by atoms with E-state index < -0.39 is 50.9 Å². The number of phenolic OH excluding ortho intramolecular Hbond substituents is 2. The first kappa shape index (κ1) is 35.0. The van der Waals surface area contributed by atoms with Gasteiger partial charge in [0.25, 0.3) is 0 Å². The molecule has 0 aliphatic heterocycles. The predicted octanol–water partition coefficient (Wildman–Crippen LogP) is 8.44. The average Bonchev–Trinajstić information content (AvgIpc) is 3.49. The number of rotatable bonds is 2. The molecule has 0 spiro atoms. The third-order valence-corrected chi connectivity index (χ3v) is 8.74. The molecule has 0 unspecified atom stereocenters. The Bertz CT molecular complexity index is 1040. The third kappa shape index (κ3) is 14.0. The topological polar surface area (TPSA) is 40.5 Å². The summed E-state index contributed by atoms with van der Waals surface area (Å²) in [6, 6.07) is 5.14. The molecule has 4 rings (SSSR count). The van der Waals surface area contributed by atoms with Crippen LogP contribution in [0.5, 0.6) is 11.5 Å². The maximum Gasteiger partial charge on any atom is 2.00 e. The fourth-order valence-electron chi connectivity index (χ4n) is 2.80. The summed E-state index contributed by atoms with van der Waals surface area (Å²) >= 11 is 0. The van der Waals surface area contributed by atoms with Crippen molar-refractivity contribution in [2.24, 2.45) is 0 Å². The minimum absolute atomic E-state index is 0. The molecule has 2 aromatic carbocycles. The summed E-state index contributed by atoms with van der Waals surface area (Å²) < 4.78 is 48.2. The van der Waals surface area contributed by atoms with Crippen LogP contribution in [0.3, 0.4) is 0 Å². The normalized spacial score (nSPS) is 13.6. The van der Waals surface area contributed by atoms with E-state index in [4.69, 9.17) is 10.2 Å². The molecule has 0 bridgehead atoms. The average molecular weight is 626 g/mol. The molecule has 198 valence electrons. The van der Waals surface area contributed by atoms with E-state index in [1.165, 1.54) is 10.4 Å².